The smallest absolute Gasteiger partial charge is 0.129 e. The predicted molar refractivity (Wildman–Crippen MR) is 74.4 cm³/mol. The number of benzene rings is 2. The van der Waals surface area contributed by atoms with E-state index in [1.807, 2.05) is 31.2 Å². The molecule has 0 bridgehead atoms. The summed E-state index contributed by atoms with van der Waals surface area (Å²) in [6.07, 6.45) is -0.941. The highest BCUT2D eigenvalue weighted by atomic mass is 19.1. The van der Waals surface area contributed by atoms with Gasteiger partial charge in [-0.2, -0.15) is 0 Å². The Labute approximate surface area is 112 Å². The molecule has 0 heterocycles. The second-order valence-corrected chi connectivity index (χ2v) is 4.73. The van der Waals surface area contributed by atoms with Crippen molar-refractivity contribution in [3.05, 3.63) is 71.0 Å². The fraction of sp³-hybridized carbons (Fsp3) is 0.250. The van der Waals surface area contributed by atoms with Crippen molar-refractivity contribution >= 4 is 0 Å². The Morgan fingerprint density at radius 3 is 2.21 bits per heavy atom. The minimum Gasteiger partial charge on any atom is -0.384 e. The van der Waals surface area contributed by atoms with Crippen LogP contribution in [0.5, 0.6) is 0 Å². The molecule has 2 atom stereocenters. The van der Waals surface area contributed by atoms with E-state index in [0.717, 1.165) is 5.56 Å². The zero-order valence-electron chi connectivity index (χ0n) is 10.9. The van der Waals surface area contributed by atoms with Gasteiger partial charge in [0.1, 0.15) is 11.9 Å². The van der Waals surface area contributed by atoms with Crippen LogP contribution in [0.1, 0.15) is 35.6 Å². The second-order valence-electron chi connectivity index (χ2n) is 4.73. The van der Waals surface area contributed by atoms with Crippen LogP contribution in [0.2, 0.25) is 0 Å². The zero-order valence-corrected chi connectivity index (χ0v) is 10.9. The van der Waals surface area contributed by atoms with E-state index in [4.69, 9.17) is 5.73 Å². The van der Waals surface area contributed by atoms with Gasteiger partial charge in [-0.1, -0.05) is 49.4 Å². The summed E-state index contributed by atoms with van der Waals surface area (Å²) in [5, 5.41) is 10.2. The van der Waals surface area contributed by atoms with Crippen LogP contribution in [0, 0.1) is 5.82 Å². The molecule has 0 saturated heterocycles. The fourth-order valence-corrected chi connectivity index (χ4v) is 2.02. The van der Waals surface area contributed by atoms with Crippen LogP contribution in [0.15, 0.2) is 48.5 Å². The molecule has 0 radical (unpaired) electrons. The molecule has 3 heteroatoms. The number of hydrogen-bond donors (Lipinski definition) is 2. The maximum absolute atomic E-state index is 13.6. The second kappa shape index (κ2) is 5.95. The summed E-state index contributed by atoms with van der Waals surface area (Å²) in [4.78, 5) is 0. The molecule has 19 heavy (non-hydrogen) atoms. The lowest BCUT2D eigenvalue weighted by Crippen LogP contribution is -2.09. The molecule has 2 unspecified atom stereocenters. The first-order valence-electron chi connectivity index (χ1n) is 6.36. The Balaban J connectivity index is 2.25. The summed E-state index contributed by atoms with van der Waals surface area (Å²) < 4.78 is 13.6. The molecular weight excluding hydrogens is 241 g/mol. The molecular formula is C16H18FNO. The number of nitrogens with two attached hydrogens (primary N) is 1. The van der Waals surface area contributed by atoms with Crippen molar-refractivity contribution in [1.82, 2.24) is 0 Å². The fourth-order valence-electron chi connectivity index (χ4n) is 2.02. The molecule has 0 amide bonds. The van der Waals surface area contributed by atoms with Crippen LogP contribution in [0.3, 0.4) is 0 Å². The number of halogens is 1. The Morgan fingerprint density at radius 1 is 1.05 bits per heavy atom. The Hall–Kier alpha value is -1.71. The molecule has 0 aliphatic rings. The van der Waals surface area contributed by atoms with Crippen molar-refractivity contribution in [1.29, 1.82) is 0 Å². The first kappa shape index (κ1) is 13.7. The highest BCUT2D eigenvalue weighted by Gasteiger charge is 2.14. The highest BCUT2D eigenvalue weighted by Crippen LogP contribution is 2.25. The number of aliphatic hydroxyl groups excluding tert-OH is 1. The average molecular weight is 259 g/mol. The first-order chi connectivity index (χ1) is 9.13. The molecule has 0 aliphatic carbocycles. The lowest BCUT2D eigenvalue weighted by molar-refractivity contribution is 0.215. The van der Waals surface area contributed by atoms with E-state index in [9.17, 15) is 9.50 Å². The third-order valence-electron chi connectivity index (χ3n) is 3.37. The van der Waals surface area contributed by atoms with Gasteiger partial charge in [-0.05, 0) is 29.7 Å². The van der Waals surface area contributed by atoms with Gasteiger partial charge in [-0.15, -0.1) is 0 Å². The summed E-state index contributed by atoms with van der Waals surface area (Å²) in [5.74, 6) is -0.117. The van der Waals surface area contributed by atoms with Crippen molar-refractivity contribution in [3.63, 3.8) is 0 Å². The molecule has 2 aromatic rings. The van der Waals surface area contributed by atoms with Crippen LogP contribution >= 0.6 is 0 Å². The SMILES string of the molecule is CC(CN)c1ccc(C(O)c2ccccc2F)cc1. The molecule has 100 valence electrons. The normalized spacial score (nSPS) is 14.1. The summed E-state index contributed by atoms with van der Waals surface area (Å²) >= 11 is 0. The van der Waals surface area contributed by atoms with E-state index in [2.05, 4.69) is 0 Å². The summed E-state index contributed by atoms with van der Waals surface area (Å²) in [7, 11) is 0. The number of hydrogen-bond acceptors (Lipinski definition) is 2. The minimum atomic E-state index is -0.941. The standard InChI is InChI=1S/C16H18FNO/c1-11(10-18)12-6-8-13(9-7-12)16(19)14-4-2-3-5-15(14)17/h2-9,11,16,19H,10,18H2,1H3. The highest BCUT2D eigenvalue weighted by molar-refractivity contribution is 5.33. The van der Waals surface area contributed by atoms with Gasteiger partial charge in [0.25, 0.3) is 0 Å². The lowest BCUT2D eigenvalue weighted by Gasteiger charge is -2.14. The van der Waals surface area contributed by atoms with Gasteiger partial charge in [-0.3, -0.25) is 0 Å². The van der Waals surface area contributed by atoms with Crippen LogP contribution in [-0.2, 0) is 0 Å². The topological polar surface area (TPSA) is 46.2 Å². The number of rotatable bonds is 4. The number of aliphatic hydroxyl groups is 1. The van der Waals surface area contributed by atoms with E-state index >= 15 is 0 Å². The Kier molecular flexibility index (Phi) is 4.30. The summed E-state index contributed by atoms with van der Waals surface area (Å²) in [6.45, 7) is 2.62. The van der Waals surface area contributed by atoms with Gasteiger partial charge < -0.3 is 10.8 Å². The van der Waals surface area contributed by atoms with Crippen molar-refractivity contribution in [2.45, 2.75) is 18.9 Å². The van der Waals surface area contributed by atoms with Crippen LogP contribution in [-0.4, -0.2) is 11.7 Å². The van der Waals surface area contributed by atoms with E-state index in [-0.39, 0.29) is 5.92 Å². The third-order valence-corrected chi connectivity index (χ3v) is 3.37. The molecule has 0 aromatic heterocycles. The van der Waals surface area contributed by atoms with E-state index < -0.39 is 11.9 Å². The molecule has 3 N–H and O–H groups in total. The Morgan fingerprint density at radius 2 is 1.63 bits per heavy atom. The lowest BCUT2D eigenvalue weighted by atomic mass is 9.96. The zero-order chi connectivity index (χ0) is 13.8. The van der Waals surface area contributed by atoms with E-state index in [1.165, 1.54) is 6.07 Å². The molecule has 0 spiro atoms. The van der Waals surface area contributed by atoms with Crippen molar-refractivity contribution in [3.8, 4) is 0 Å². The van der Waals surface area contributed by atoms with Gasteiger partial charge in [0.15, 0.2) is 0 Å². The van der Waals surface area contributed by atoms with Crippen LogP contribution in [0.4, 0.5) is 4.39 Å². The van der Waals surface area contributed by atoms with Crippen LogP contribution in [0.25, 0.3) is 0 Å². The molecule has 2 nitrogen and oxygen atoms in total. The van der Waals surface area contributed by atoms with E-state index in [1.54, 1.807) is 18.2 Å². The van der Waals surface area contributed by atoms with Crippen molar-refractivity contribution in [2.24, 2.45) is 5.73 Å². The Bertz CT molecular complexity index is 539. The van der Waals surface area contributed by atoms with Gasteiger partial charge in [0.05, 0.1) is 0 Å². The maximum atomic E-state index is 13.6. The van der Waals surface area contributed by atoms with E-state index in [0.29, 0.717) is 17.7 Å². The molecule has 0 aliphatic heterocycles. The molecule has 0 fully saturated rings. The monoisotopic (exact) mass is 259 g/mol. The van der Waals surface area contributed by atoms with Gasteiger partial charge >= 0.3 is 0 Å². The van der Waals surface area contributed by atoms with Gasteiger partial charge in [-0.25, -0.2) is 4.39 Å². The largest absolute Gasteiger partial charge is 0.384 e. The quantitative estimate of drug-likeness (QED) is 0.886. The molecule has 0 saturated carbocycles. The maximum Gasteiger partial charge on any atom is 0.129 e. The van der Waals surface area contributed by atoms with Gasteiger partial charge in [0.2, 0.25) is 0 Å². The molecule has 2 rings (SSSR count). The minimum absolute atomic E-state index is 0.277. The first-order valence-corrected chi connectivity index (χ1v) is 6.36. The predicted octanol–water partition coefficient (Wildman–Crippen LogP) is 2.97. The van der Waals surface area contributed by atoms with Crippen molar-refractivity contribution in [2.75, 3.05) is 6.54 Å². The summed E-state index contributed by atoms with van der Waals surface area (Å²) in [6, 6.07) is 13.8. The van der Waals surface area contributed by atoms with Gasteiger partial charge in [0, 0.05) is 5.56 Å². The summed E-state index contributed by atoms with van der Waals surface area (Å²) in [5.41, 5.74) is 7.70. The van der Waals surface area contributed by atoms with Crippen LogP contribution < -0.4 is 5.73 Å². The van der Waals surface area contributed by atoms with Crippen molar-refractivity contribution < 1.29 is 9.50 Å². The third kappa shape index (κ3) is 3.00. The molecule has 2 aromatic carbocycles. The average Bonchev–Trinajstić information content (AvgIpc) is 2.46.